The second kappa shape index (κ2) is 11.2. The lowest BCUT2D eigenvalue weighted by Gasteiger charge is -2.29. The second-order valence-electron chi connectivity index (χ2n) is 7.74. The van der Waals surface area contributed by atoms with Crippen molar-refractivity contribution in [2.24, 2.45) is 5.92 Å². The van der Waals surface area contributed by atoms with Gasteiger partial charge in [0, 0.05) is 13.1 Å². The Balaban J connectivity index is 2.14. The molecule has 2 rings (SSSR count). The molecule has 0 unspecified atom stereocenters. The van der Waals surface area contributed by atoms with Crippen molar-refractivity contribution in [1.82, 2.24) is 10.2 Å². The number of nitrogens with one attached hydrogen (secondary N) is 1. The number of hydrogen-bond acceptors (Lipinski definition) is 4. The first kappa shape index (κ1) is 23.3. The quantitative estimate of drug-likeness (QED) is 0.648. The van der Waals surface area contributed by atoms with Crippen LogP contribution in [0.2, 0.25) is 0 Å². The molecule has 2 aromatic carbocycles. The molecular formula is C24H32N2O4. The molecule has 0 radical (unpaired) electrons. The Bertz CT molecular complexity index is 833. The fourth-order valence-corrected chi connectivity index (χ4v) is 2.90. The van der Waals surface area contributed by atoms with Gasteiger partial charge in [0.1, 0.15) is 17.5 Å². The van der Waals surface area contributed by atoms with Gasteiger partial charge < -0.3 is 19.7 Å². The number of carbonyl (C=O) groups is 2. The number of methoxy groups -OCH3 is 1. The Morgan fingerprint density at radius 3 is 2.30 bits per heavy atom. The molecule has 1 N–H and O–H groups in total. The van der Waals surface area contributed by atoms with Crippen molar-refractivity contribution in [2.75, 3.05) is 20.3 Å². The molecule has 0 bridgehead atoms. The lowest BCUT2D eigenvalue weighted by atomic mass is 10.1. The van der Waals surface area contributed by atoms with Crippen LogP contribution < -0.4 is 14.8 Å². The van der Waals surface area contributed by atoms with Gasteiger partial charge in [-0.3, -0.25) is 9.59 Å². The number of amides is 2. The molecule has 6 nitrogen and oxygen atoms in total. The molecule has 0 saturated heterocycles. The molecule has 2 aromatic rings. The number of carbonyl (C=O) groups excluding carboxylic acids is 2. The topological polar surface area (TPSA) is 67.9 Å². The van der Waals surface area contributed by atoms with Gasteiger partial charge in [-0.1, -0.05) is 44.2 Å². The van der Waals surface area contributed by atoms with Crippen LogP contribution in [0.3, 0.4) is 0 Å². The lowest BCUT2D eigenvalue weighted by Crippen LogP contribution is -2.49. The Labute approximate surface area is 179 Å². The zero-order valence-electron chi connectivity index (χ0n) is 18.5. The monoisotopic (exact) mass is 412 g/mol. The summed E-state index contributed by atoms with van der Waals surface area (Å²) in [5.41, 5.74) is 1.86. The van der Waals surface area contributed by atoms with Gasteiger partial charge in [0.25, 0.3) is 5.91 Å². The van der Waals surface area contributed by atoms with Gasteiger partial charge in [-0.2, -0.15) is 0 Å². The molecule has 0 heterocycles. The molecular weight excluding hydrogens is 380 g/mol. The number of ether oxygens (including phenoxy) is 2. The summed E-state index contributed by atoms with van der Waals surface area (Å²) in [6.07, 6.45) is 0. The van der Waals surface area contributed by atoms with Crippen LogP contribution in [0.1, 0.15) is 31.9 Å². The van der Waals surface area contributed by atoms with Crippen molar-refractivity contribution in [1.29, 1.82) is 0 Å². The Morgan fingerprint density at radius 2 is 1.70 bits per heavy atom. The van der Waals surface area contributed by atoms with E-state index in [9.17, 15) is 9.59 Å². The average molecular weight is 413 g/mol. The molecule has 2 amide bonds. The van der Waals surface area contributed by atoms with E-state index in [0.717, 1.165) is 16.9 Å². The number of benzene rings is 2. The highest BCUT2D eigenvalue weighted by atomic mass is 16.5. The predicted molar refractivity (Wildman–Crippen MR) is 118 cm³/mol. The van der Waals surface area contributed by atoms with E-state index >= 15 is 0 Å². The van der Waals surface area contributed by atoms with Crippen molar-refractivity contribution >= 4 is 11.8 Å². The standard InChI is InChI=1S/C24H32N2O4/c1-17(2)14-25-24(28)19(4)26(15-20-10-12-21(29-5)13-11-20)23(27)16-30-22-9-7-6-8-18(22)3/h6-13,17,19H,14-16H2,1-5H3,(H,25,28)/t19-/m1/s1. The highest BCUT2D eigenvalue weighted by molar-refractivity contribution is 5.88. The zero-order chi connectivity index (χ0) is 22.1. The predicted octanol–water partition coefficient (Wildman–Crippen LogP) is 3.57. The first-order valence-electron chi connectivity index (χ1n) is 10.2. The van der Waals surface area contributed by atoms with Crippen molar-refractivity contribution in [3.8, 4) is 11.5 Å². The first-order chi connectivity index (χ1) is 14.3. The minimum absolute atomic E-state index is 0.136. The molecule has 6 heteroatoms. The lowest BCUT2D eigenvalue weighted by molar-refractivity contribution is -0.142. The summed E-state index contributed by atoms with van der Waals surface area (Å²) < 4.78 is 10.9. The largest absolute Gasteiger partial charge is 0.497 e. The Hall–Kier alpha value is -3.02. The molecule has 0 aromatic heterocycles. The van der Waals surface area contributed by atoms with E-state index in [1.54, 1.807) is 18.9 Å². The second-order valence-corrected chi connectivity index (χ2v) is 7.74. The van der Waals surface area contributed by atoms with Crippen LogP contribution in [0, 0.1) is 12.8 Å². The van der Waals surface area contributed by atoms with Crippen LogP contribution in [0.5, 0.6) is 11.5 Å². The van der Waals surface area contributed by atoms with Crippen LogP contribution in [-0.2, 0) is 16.1 Å². The highest BCUT2D eigenvalue weighted by Crippen LogP contribution is 2.18. The molecule has 0 spiro atoms. The summed E-state index contributed by atoms with van der Waals surface area (Å²) in [7, 11) is 1.61. The summed E-state index contributed by atoms with van der Waals surface area (Å²) in [5.74, 6) is 1.30. The summed E-state index contributed by atoms with van der Waals surface area (Å²) in [5, 5.41) is 2.91. The fraction of sp³-hybridized carbons (Fsp3) is 0.417. The average Bonchev–Trinajstić information content (AvgIpc) is 2.74. The summed E-state index contributed by atoms with van der Waals surface area (Å²) in [6.45, 7) is 8.46. The van der Waals surface area contributed by atoms with E-state index in [4.69, 9.17) is 9.47 Å². The van der Waals surface area contributed by atoms with Gasteiger partial charge in [-0.15, -0.1) is 0 Å². The maximum atomic E-state index is 13.0. The minimum atomic E-state index is -0.626. The molecule has 0 aliphatic rings. The van der Waals surface area contributed by atoms with Crippen LogP contribution >= 0.6 is 0 Å². The van der Waals surface area contributed by atoms with Gasteiger partial charge in [0.2, 0.25) is 5.91 Å². The van der Waals surface area contributed by atoms with Gasteiger partial charge in [-0.05, 0) is 49.1 Å². The van der Waals surface area contributed by atoms with Crippen molar-refractivity contribution in [2.45, 2.75) is 40.3 Å². The minimum Gasteiger partial charge on any atom is -0.497 e. The molecule has 1 atom stereocenters. The van der Waals surface area contributed by atoms with Gasteiger partial charge >= 0.3 is 0 Å². The van der Waals surface area contributed by atoms with Crippen LogP contribution in [0.4, 0.5) is 0 Å². The first-order valence-corrected chi connectivity index (χ1v) is 10.2. The molecule has 0 saturated carbocycles. The third-order valence-electron chi connectivity index (χ3n) is 4.81. The Morgan fingerprint density at radius 1 is 1.03 bits per heavy atom. The van der Waals surface area contributed by atoms with E-state index in [0.29, 0.717) is 24.8 Å². The number of rotatable bonds is 10. The van der Waals surface area contributed by atoms with E-state index in [1.165, 1.54) is 0 Å². The number of hydrogen-bond donors (Lipinski definition) is 1. The third-order valence-corrected chi connectivity index (χ3v) is 4.81. The van der Waals surface area contributed by atoms with Gasteiger partial charge in [0.15, 0.2) is 6.61 Å². The van der Waals surface area contributed by atoms with E-state index in [1.807, 2.05) is 69.3 Å². The molecule has 30 heavy (non-hydrogen) atoms. The normalized spacial score (nSPS) is 11.7. The summed E-state index contributed by atoms with van der Waals surface area (Å²) in [6, 6.07) is 14.4. The fourth-order valence-electron chi connectivity index (χ4n) is 2.90. The van der Waals surface area contributed by atoms with Gasteiger partial charge in [0.05, 0.1) is 7.11 Å². The smallest absolute Gasteiger partial charge is 0.261 e. The highest BCUT2D eigenvalue weighted by Gasteiger charge is 2.26. The molecule has 0 fully saturated rings. The van der Waals surface area contributed by atoms with E-state index < -0.39 is 6.04 Å². The Kier molecular flexibility index (Phi) is 8.71. The van der Waals surface area contributed by atoms with Crippen molar-refractivity contribution in [3.63, 3.8) is 0 Å². The maximum Gasteiger partial charge on any atom is 0.261 e. The molecule has 162 valence electrons. The van der Waals surface area contributed by atoms with Crippen molar-refractivity contribution < 1.29 is 19.1 Å². The maximum absolute atomic E-state index is 13.0. The van der Waals surface area contributed by atoms with Gasteiger partial charge in [-0.25, -0.2) is 0 Å². The third kappa shape index (κ3) is 6.79. The van der Waals surface area contributed by atoms with Crippen LogP contribution in [-0.4, -0.2) is 43.0 Å². The molecule has 0 aliphatic carbocycles. The van der Waals surface area contributed by atoms with Crippen LogP contribution in [0.15, 0.2) is 48.5 Å². The number of nitrogens with zero attached hydrogens (tertiary/aromatic N) is 1. The zero-order valence-corrected chi connectivity index (χ0v) is 18.5. The van der Waals surface area contributed by atoms with Crippen molar-refractivity contribution in [3.05, 3.63) is 59.7 Å². The molecule has 0 aliphatic heterocycles. The van der Waals surface area contributed by atoms with E-state index in [2.05, 4.69) is 5.32 Å². The number of aryl methyl sites for hydroxylation is 1. The van der Waals surface area contributed by atoms with Crippen LogP contribution in [0.25, 0.3) is 0 Å². The SMILES string of the molecule is COc1ccc(CN(C(=O)COc2ccccc2C)[C@H](C)C(=O)NCC(C)C)cc1. The summed E-state index contributed by atoms with van der Waals surface area (Å²) in [4.78, 5) is 27.2. The number of para-hydroxylation sites is 1. The summed E-state index contributed by atoms with van der Waals surface area (Å²) >= 11 is 0. The van der Waals surface area contributed by atoms with E-state index in [-0.39, 0.29) is 18.4 Å².